The Morgan fingerprint density at radius 2 is 1.90 bits per heavy atom. The summed E-state index contributed by atoms with van der Waals surface area (Å²) >= 11 is 2.04. The molecule has 0 amide bonds. The average molecular weight is 290 g/mol. The molecule has 2 nitrogen and oxygen atoms in total. The highest BCUT2D eigenvalue weighted by atomic mass is 32.2. The molecule has 1 atom stereocenters. The van der Waals surface area contributed by atoms with Crippen molar-refractivity contribution in [2.75, 3.05) is 36.8 Å². The molecule has 0 saturated carbocycles. The Hall–Kier alpha value is -0.930. The summed E-state index contributed by atoms with van der Waals surface area (Å²) < 4.78 is 0. The smallest absolute Gasteiger partial charge is 0.0748 e. The first kappa shape index (κ1) is 15.5. The summed E-state index contributed by atoms with van der Waals surface area (Å²) in [5.41, 5.74) is 2.61. The van der Waals surface area contributed by atoms with Gasteiger partial charge >= 0.3 is 0 Å². The molecular formula is C17H26N2S. The van der Waals surface area contributed by atoms with E-state index in [1.165, 1.54) is 23.5 Å². The first-order valence-corrected chi connectivity index (χ1v) is 8.72. The average Bonchev–Trinajstić information content (AvgIpc) is 2.95. The molecule has 3 heteroatoms. The molecule has 1 aromatic rings. The molecule has 0 bridgehead atoms. The Balaban J connectivity index is 2.00. The third-order valence-corrected chi connectivity index (χ3v) is 5.12. The van der Waals surface area contributed by atoms with Crippen LogP contribution < -0.4 is 4.90 Å². The van der Waals surface area contributed by atoms with E-state index in [4.69, 9.17) is 0 Å². The highest BCUT2D eigenvalue weighted by molar-refractivity contribution is 8.00. The van der Waals surface area contributed by atoms with E-state index >= 15 is 0 Å². The maximum Gasteiger partial charge on any atom is 0.0748 e. The minimum atomic E-state index is 0.558. The fraction of sp³-hybridized carbons (Fsp3) is 0.529. The van der Waals surface area contributed by atoms with Gasteiger partial charge in [-0.2, -0.15) is 0 Å². The maximum absolute atomic E-state index is 2.52. The molecule has 0 spiro atoms. The van der Waals surface area contributed by atoms with Gasteiger partial charge in [0.1, 0.15) is 0 Å². The number of thioether (sulfide) groups is 1. The van der Waals surface area contributed by atoms with Crippen LogP contribution in [0.25, 0.3) is 6.08 Å². The Kier molecular flexibility index (Phi) is 5.99. The van der Waals surface area contributed by atoms with Crippen LogP contribution in [0.1, 0.15) is 26.3 Å². The molecule has 110 valence electrons. The molecular weight excluding hydrogens is 264 g/mol. The zero-order valence-corrected chi connectivity index (χ0v) is 13.7. The third kappa shape index (κ3) is 3.80. The van der Waals surface area contributed by atoms with Crippen LogP contribution in [0.4, 0.5) is 5.69 Å². The summed E-state index contributed by atoms with van der Waals surface area (Å²) in [4.78, 5) is 4.89. The van der Waals surface area contributed by atoms with Crippen molar-refractivity contribution in [1.29, 1.82) is 0 Å². The van der Waals surface area contributed by atoms with Crippen molar-refractivity contribution in [3.63, 3.8) is 0 Å². The quantitative estimate of drug-likeness (QED) is 0.783. The van der Waals surface area contributed by atoms with Gasteiger partial charge in [-0.1, -0.05) is 31.2 Å². The predicted octanol–water partition coefficient (Wildman–Crippen LogP) is 3.94. The van der Waals surface area contributed by atoms with Crippen molar-refractivity contribution < 1.29 is 0 Å². The van der Waals surface area contributed by atoms with Gasteiger partial charge in [0.15, 0.2) is 0 Å². The Morgan fingerprint density at radius 1 is 1.20 bits per heavy atom. The molecule has 0 N–H and O–H groups in total. The highest BCUT2D eigenvalue weighted by Gasteiger charge is 2.20. The molecule has 1 saturated heterocycles. The minimum Gasteiger partial charge on any atom is -0.372 e. The van der Waals surface area contributed by atoms with Crippen molar-refractivity contribution in [2.45, 2.75) is 26.1 Å². The molecule has 1 aliphatic heterocycles. The lowest BCUT2D eigenvalue weighted by molar-refractivity contribution is 0.335. The summed E-state index contributed by atoms with van der Waals surface area (Å²) in [5, 5.41) is 0.558. The topological polar surface area (TPSA) is 6.48 Å². The van der Waals surface area contributed by atoms with Crippen LogP contribution in [0.15, 0.2) is 30.3 Å². The van der Waals surface area contributed by atoms with Crippen LogP contribution in [-0.4, -0.2) is 42.2 Å². The maximum atomic E-state index is 2.52. The van der Waals surface area contributed by atoms with E-state index in [-0.39, 0.29) is 0 Å². The Labute approximate surface area is 127 Å². The van der Waals surface area contributed by atoms with Gasteiger partial charge < -0.3 is 4.90 Å². The number of benzene rings is 1. The van der Waals surface area contributed by atoms with Gasteiger partial charge in [0.05, 0.1) is 5.37 Å². The number of likely N-dealkylation sites (N-methyl/N-ethyl adjacent to an activating group) is 1. The lowest BCUT2D eigenvalue weighted by Gasteiger charge is -2.21. The molecule has 20 heavy (non-hydrogen) atoms. The molecule has 1 unspecified atom stereocenters. The number of hydrogen-bond donors (Lipinski definition) is 0. The SMILES string of the molecule is CCN(CC)c1ccc(/C=C/C2SCCN2CC)cc1. The second-order valence-corrected chi connectivity index (χ2v) is 6.24. The summed E-state index contributed by atoms with van der Waals surface area (Å²) in [6.07, 6.45) is 4.60. The van der Waals surface area contributed by atoms with E-state index in [0.717, 1.165) is 19.6 Å². The van der Waals surface area contributed by atoms with Gasteiger partial charge in [-0.05, 0) is 38.1 Å². The van der Waals surface area contributed by atoms with E-state index in [9.17, 15) is 0 Å². The van der Waals surface area contributed by atoms with Gasteiger partial charge in [-0.3, -0.25) is 4.90 Å². The van der Waals surface area contributed by atoms with Crippen LogP contribution in [-0.2, 0) is 0 Å². The fourth-order valence-electron chi connectivity index (χ4n) is 2.62. The number of rotatable bonds is 6. The lowest BCUT2D eigenvalue weighted by Crippen LogP contribution is -2.26. The van der Waals surface area contributed by atoms with Gasteiger partial charge in [0, 0.05) is 31.1 Å². The Bertz CT molecular complexity index is 423. The van der Waals surface area contributed by atoms with E-state index < -0.39 is 0 Å². The highest BCUT2D eigenvalue weighted by Crippen LogP contribution is 2.25. The monoisotopic (exact) mass is 290 g/mol. The molecule has 0 aliphatic carbocycles. The first-order chi connectivity index (χ1) is 9.78. The molecule has 1 heterocycles. The zero-order chi connectivity index (χ0) is 14.4. The predicted molar refractivity (Wildman–Crippen MR) is 92.5 cm³/mol. The molecule has 1 fully saturated rings. The Morgan fingerprint density at radius 3 is 2.50 bits per heavy atom. The molecule has 1 aromatic carbocycles. The van der Waals surface area contributed by atoms with E-state index in [1.807, 2.05) is 11.8 Å². The number of anilines is 1. The van der Waals surface area contributed by atoms with Crippen LogP contribution in [0.3, 0.4) is 0 Å². The number of hydrogen-bond acceptors (Lipinski definition) is 3. The van der Waals surface area contributed by atoms with Crippen molar-refractivity contribution >= 4 is 23.5 Å². The summed E-state index contributed by atoms with van der Waals surface area (Å²) in [7, 11) is 0. The normalized spacial score (nSPS) is 19.9. The van der Waals surface area contributed by atoms with Gasteiger partial charge in [0.2, 0.25) is 0 Å². The molecule has 0 radical (unpaired) electrons. The van der Waals surface area contributed by atoms with Gasteiger partial charge in [-0.25, -0.2) is 0 Å². The van der Waals surface area contributed by atoms with Crippen LogP contribution >= 0.6 is 11.8 Å². The van der Waals surface area contributed by atoms with Crippen molar-refractivity contribution in [2.24, 2.45) is 0 Å². The number of nitrogens with zero attached hydrogens (tertiary/aromatic N) is 2. The van der Waals surface area contributed by atoms with Crippen LogP contribution in [0.5, 0.6) is 0 Å². The molecule has 0 aromatic heterocycles. The second-order valence-electron chi connectivity index (χ2n) is 5.01. The standard InChI is InChI=1S/C17H26N2S/c1-4-18(5-2)16-10-7-15(8-11-16)9-12-17-19(6-3)13-14-20-17/h7-12,17H,4-6,13-14H2,1-3H3/b12-9+. The first-order valence-electron chi connectivity index (χ1n) is 7.67. The van der Waals surface area contributed by atoms with Gasteiger partial charge in [0.25, 0.3) is 0 Å². The minimum absolute atomic E-state index is 0.558. The van der Waals surface area contributed by atoms with Crippen molar-refractivity contribution in [1.82, 2.24) is 4.90 Å². The second kappa shape index (κ2) is 7.75. The largest absolute Gasteiger partial charge is 0.372 e. The van der Waals surface area contributed by atoms with E-state index in [2.05, 4.69) is 67.0 Å². The van der Waals surface area contributed by atoms with Crippen molar-refractivity contribution in [3.05, 3.63) is 35.9 Å². The lowest BCUT2D eigenvalue weighted by atomic mass is 10.2. The molecule has 2 rings (SSSR count). The fourth-order valence-corrected chi connectivity index (χ4v) is 3.85. The van der Waals surface area contributed by atoms with E-state index in [1.54, 1.807) is 0 Å². The summed E-state index contributed by atoms with van der Waals surface area (Å²) in [5.74, 6) is 1.25. The van der Waals surface area contributed by atoms with Crippen LogP contribution in [0.2, 0.25) is 0 Å². The molecule has 1 aliphatic rings. The summed E-state index contributed by atoms with van der Waals surface area (Å²) in [6.45, 7) is 11.1. The van der Waals surface area contributed by atoms with Crippen LogP contribution in [0, 0.1) is 0 Å². The zero-order valence-electron chi connectivity index (χ0n) is 12.9. The van der Waals surface area contributed by atoms with E-state index in [0.29, 0.717) is 5.37 Å². The third-order valence-electron chi connectivity index (χ3n) is 3.91. The summed E-state index contributed by atoms with van der Waals surface area (Å²) in [6, 6.07) is 8.90. The van der Waals surface area contributed by atoms with Gasteiger partial charge in [-0.15, -0.1) is 11.8 Å². The van der Waals surface area contributed by atoms with Crippen molar-refractivity contribution in [3.8, 4) is 0 Å².